The molecule has 2 rings (SSSR count). The Labute approximate surface area is 144 Å². The van der Waals surface area contributed by atoms with Crippen LogP contribution in [-0.4, -0.2) is 28.9 Å². The van der Waals surface area contributed by atoms with Gasteiger partial charge in [-0.25, -0.2) is 9.97 Å². The lowest BCUT2D eigenvalue weighted by molar-refractivity contribution is -0.143. The number of nitrogens with zero attached hydrogens (tertiary/aromatic N) is 2. The predicted molar refractivity (Wildman–Crippen MR) is 94.9 cm³/mol. The van der Waals surface area contributed by atoms with Crippen LogP contribution in [0.1, 0.15) is 82.9 Å². The molecule has 5 heteroatoms. The van der Waals surface area contributed by atoms with Gasteiger partial charge < -0.3 is 9.47 Å². The average molecular weight is 339 g/mol. The molecule has 1 aliphatic carbocycles. The molecule has 1 aliphatic rings. The first kappa shape index (κ1) is 18.7. The van der Waals surface area contributed by atoms with Crippen molar-refractivity contribution in [3.8, 4) is 0 Å². The van der Waals surface area contributed by atoms with Gasteiger partial charge in [0.25, 0.3) is 0 Å². The maximum atomic E-state index is 5.71. The van der Waals surface area contributed by atoms with Gasteiger partial charge in [0.05, 0.1) is 0 Å². The Hall–Kier alpha value is -0.650. The van der Waals surface area contributed by atoms with Crippen molar-refractivity contribution in [2.45, 2.75) is 76.7 Å². The van der Waals surface area contributed by atoms with Gasteiger partial charge in [0.2, 0.25) is 6.29 Å². The molecule has 1 aromatic heterocycles. The normalized spacial score (nSPS) is 14.6. The predicted octanol–water partition coefficient (Wildman–Crippen LogP) is 5.10. The summed E-state index contributed by atoms with van der Waals surface area (Å²) in [5, 5.41) is 0.880. The third-order valence-corrected chi connectivity index (χ3v) is 4.78. The van der Waals surface area contributed by atoms with E-state index in [1.165, 1.54) is 38.5 Å². The minimum atomic E-state index is -0.370. The zero-order valence-electron chi connectivity index (χ0n) is 14.7. The lowest BCUT2D eigenvalue weighted by Gasteiger charge is -2.17. The van der Waals surface area contributed by atoms with E-state index < -0.39 is 0 Å². The first-order chi connectivity index (χ1) is 11.3. The van der Waals surface area contributed by atoms with Gasteiger partial charge in [0, 0.05) is 30.6 Å². The Morgan fingerprint density at radius 1 is 1.09 bits per heavy atom. The molecule has 0 amide bonds. The average Bonchev–Trinajstić information content (AvgIpc) is 3.39. The van der Waals surface area contributed by atoms with Crippen molar-refractivity contribution in [2.75, 3.05) is 19.0 Å². The molecule has 130 valence electrons. The number of rotatable bonds is 12. The molecule has 1 saturated carbocycles. The van der Waals surface area contributed by atoms with Crippen LogP contribution in [0.4, 0.5) is 0 Å². The highest BCUT2D eigenvalue weighted by molar-refractivity contribution is 7.99. The number of aromatic nitrogens is 2. The van der Waals surface area contributed by atoms with E-state index in [4.69, 9.17) is 19.4 Å². The van der Waals surface area contributed by atoms with Crippen molar-refractivity contribution in [3.63, 3.8) is 0 Å². The highest BCUT2D eigenvalue weighted by Gasteiger charge is 2.27. The van der Waals surface area contributed by atoms with Gasteiger partial charge in [0.1, 0.15) is 5.69 Å². The molecule has 0 aliphatic heterocycles. The first-order valence-electron chi connectivity index (χ1n) is 9.03. The fourth-order valence-electron chi connectivity index (χ4n) is 2.45. The molecule has 0 aromatic carbocycles. The summed E-state index contributed by atoms with van der Waals surface area (Å²) < 4.78 is 11.4. The molecule has 1 aromatic rings. The van der Waals surface area contributed by atoms with Gasteiger partial charge in [-0.1, -0.05) is 37.9 Å². The van der Waals surface area contributed by atoms with E-state index in [0.717, 1.165) is 22.3 Å². The molecule has 4 nitrogen and oxygen atoms in total. The quantitative estimate of drug-likeness (QED) is 0.230. The Balaban J connectivity index is 2.04. The molecule has 0 unspecified atom stereocenters. The van der Waals surface area contributed by atoms with E-state index >= 15 is 0 Å². The summed E-state index contributed by atoms with van der Waals surface area (Å²) in [5.41, 5.74) is 2.04. The largest absolute Gasteiger partial charge is 0.347 e. The smallest absolute Gasteiger partial charge is 0.201 e. The van der Waals surface area contributed by atoms with E-state index in [0.29, 0.717) is 19.1 Å². The van der Waals surface area contributed by atoms with E-state index in [2.05, 4.69) is 13.0 Å². The monoisotopic (exact) mass is 338 g/mol. The summed E-state index contributed by atoms with van der Waals surface area (Å²) in [5.74, 6) is 1.70. The standard InChI is InChI=1S/C18H30N2O2S/c1-4-7-8-9-12-23-18-19-15(14-10-11-14)13-16(20-18)17(21-5-2)22-6-3/h13-14,17H,4-12H2,1-3H3. The van der Waals surface area contributed by atoms with Crippen LogP contribution < -0.4 is 0 Å². The van der Waals surface area contributed by atoms with Crippen molar-refractivity contribution in [1.82, 2.24) is 9.97 Å². The van der Waals surface area contributed by atoms with Crippen molar-refractivity contribution >= 4 is 11.8 Å². The van der Waals surface area contributed by atoms with Crippen LogP contribution in [0.5, 0.6) is 0 Å². The maximum Gasteiger partial charge on any atom is 0.201 e. The zero-order valence-corrected chi connectivity index (χ0v) is 15.5. The minimum absolute atomic E-state index is 0.370. The van der Waals surface area contributed by atoms with Crippen LogP contribution in [0.2, 0.25) is 0 Å². The number of ether oxygens (including phenoxy) is 2. The first-order valence-corrected chi connectivity index (χ1v) is 10.0. The topological polar surface area (TPSA) is 44.2 Å². The lowest BCUT2D eigenvalue weighted by atomic mass is 10.2. The zero-order chi connectivity index (χ0) is 16.5. The molecule has 0 radical (unpaired) electrons. The van der Waals surface area contributed by atoms with Crippen LogP contribution in [0, 0.1) is 0 Å². The summed E-state index contributed by atoms with van der Waals surface area (Å²) in [6.07, 6.45) is 7.21. The molecule has 0 spiro atoms. The SMILES string of the molecule is CCCCCCSc1nc(C2CC2)cc(C(OCC)OCC)n1. The number of unbranched alkanes of at least 4 members (excludes halogenated alkanes) is 3. The Morgan fingerprint density at radius 3 is 2.43 bits per heavy atom. The van der Waals surface area contributed by atoms with Crippen molar-refractivity contribution in [1.29, 1.82) is 0 Å². The van der Waals surface area contributed by atoms with Gasteiger partial charge >= 0.3 is 0 Å². The minimum Gasteiger partial charge on any atom is -0.347 e. The van der Waals surface area contributed by atoms with E-state index in [-0.39, 0.29) is 6.29 Å². The molecule has 0 bridgehead atoms. The van der Waals surface area contributed by atoms with Gasteiger partial charge in [-0.2, -0.15) is 0 Å². The molecular weight excluding hydrogens is 308 g/mol. The lowest BCUT2D eigenvalue weighted by Crippen LogP contribution is -2.12. The van der Waals surface area contributed by atoms with Crippen molar-refractivity contribution < 1.29 is 9.47 Å². The summed E-state index contributed by atoms with van der Waals surface area (Å²) >= 11 is 1.76. The number of hydrogen-bond donors (Lipinski definition) is 0. The fraction of sp³-hybridized carbons (Fsp3) is 0.778. The van der Waals surface area contributed by atoms with Crippen LogP contribution in [0.15, 0.2) is 11.2 Å². The second kappa shape index (κ2) is 10.3. The second-order valence-electron chi connectivity index (χ2n) is 5.93. The Kier molecular flexibility index (Phi) is 8.34. The maximum absolute atomic E-state index is 5.71. The molecule has 0 N–H and O–H groups in total. The van der Waals surface area contributed by atoms with Crippen LogP contribution in [0.25, 0.3) is 0 Å². The molecular formula is C18H30N2O2S. The van der Waals surface area contributed by atoms with Crippen LogP contribution >= 0.6 is 11.8 Å². The van der Waals surface area contributed by atoms with Crippen molar-refractivity contribution in [2.24, 2.45) is 0 Å². The third kappa shape index (κ3) is 6.40. The molecule has 1 heterocycles. The van der Waals surface area contributed by atoms with E-state index in [1.807, 2.05) is 13.8 Å². The van der Waals surface area contributed by atoms with Crippen molar-refractivity contribution in [3.05, 3.63) is 17.5 Å². The molecule has 0 atom stereocenters. The highest BCUT2D eigenvalue weighted by Crippen LogP contribution is 2.40. The highest BCUT2D eigenvalue weighted by atomic mass is 32.2. The molecule has 23 heavy (non-hydrogen) atoms. The summed E-state index contributed by atoms with van der Waals surface area (Å²) in [4.78, 5) is 9.46. The number of hydrogen-bond acceptors (Lipinski definition) is 5. The van der Waals surface area contributed by atoms with Crippen LogP contribution in [0.3, 0.4) is 0 Å². The molecule has 0 saturated heterocycles. The van der Waals surface area contributed by atoms with E-state index in [1.54, 1.807) is 11.8 Å². The summed E-state index contributed by atoms with van der Waals surface area (Å²) in [6, 6.07) is 2.08. The van der Waals surface area contributed by atoms with E-state index in [9.17, 15) is 0 Å². The number of thioether (sulfide) groups is 1. The van der Waals surface area contributed by atoms with Gasteiger partial charge in [-0.15, -0.1) is 0 Å². The van der Waals surface area contributed by atoms with Gasteiger partial charge in [-0.05, 0) is 39.2 Å². The summed E-state index contributed by atoms with van der Waals surface area (Å²) in [6.45, 7) is 7.44. The Morgan fingerprint density at radius 2 is 1.83 bits per heavy atom. The molecule has 1 fully saturated rings. The summed E-state index contributed by atoms with van der Waals surface area (Å²) in [7, 11) is 0. The van der Waals surface area contributed by atoms with Gasteiger partial charge in [-0.3, -0.25) is 0 Å². The Bertz CT molecular complexity index is 460. The van der Waals surface area contributed by atoms with Crippen LogP contribution in [-0.2, 0) is 9.47 Å². The second-order valence-corrected chi connectivity index (χ2v) is 6.99. The van der Waals surface area contributed by atoms with Gasteiger partial charge in [0.15, 0.2) is 5.16 Å². The third-order valence-electron chi connectivity index (χ3n) is 3.85. The fourth-order valence-corrected chi connectivity index (χ4v) is 3.32.